The maximum absolute atomic E-state index is 13.1. The van der Waals surface area contributed by atoms with E-state index in [-0.39, 0.29) is 18.8 Å². The molecule has 2 atom stereocenters. The summed E-state index contributed by atoms with van der Waals surface area (Å²) in [5.41, 5.74) is 0.209. The van der Waals surface area contributed by atoms with Gasteiger partial charge in [-0.1, -0.05) is 32.4 Å². The maximum atomic E-state index is 13.1. The number of hydrogen-bond donors (Lipinski definition) is 1. The molecule has 1 aromatic carbocycles. The number of alkyl halides is 3. The van der Waals surface area contributed by atoms with Crippen molar-refractivity contribution in [3.8, 4) is 5.75 Å². The molecule has 224 valence electrons. The smallest absolute Gasteiger partial charge is 0.491 e. The minimum Gasteiger partial charge on any atom is -0.497 e. The average molecular weight is 573 g/mol. The van der Waals surface area contributed by atoms with Crippen LogP contribution in [0.15, 0.2) is 24.3 Å². The van der Waals surface area contributed by atoms with Gasteiger partial charge in [0.15, 0.2) is 0 Å². The van der Waals surface area contributed by atoms with Gasteiger partial charge in [-0.3, -0.25) is 9.59 Å². The molecule has 0 bridgehead atoms. The first-order valence-electron chi connectivity index (χ1n) is 13.3. The van der Waals surface area contributed by atoms with Crippen molar-refractivity contribution in [2.75, 3.05) is 27.7 Å². The molecular formula is C28H39F3N2O7. The van der Waals surface area contributed by atoms with Crippen LogP contribution in [0, 0.1) is 5.92 Å². The monoisotopic (exact) mass is 572 g/mol. The van der Waals surface area contributed by atoms with Crippen molar-refractivity contribution in [3.63, 3.8) is 0 Å². The SMILES string of the molecule is COc1ccc(C(CN(C)C)C2(OC(=O)CCC(=O)N[C@H](C(=O)OC(=O)C(F)(F)F)C(C)C)CCCCC2)cc1. The average Bonchev–Trinajstić information content (AvgIpc) is 2.88. The van der Waals surface area contributed by atoms with Crippen molar-refractivity contribution in [2.45, 2.75) is 82.5 Å². The predicted molar refractivity (Wildman–Crippen MR) is 139 cm³/mol. The highest BCUT2D eigenvalue weighted by Gasteiger charge is 2.45. The Morgan fingerprint density at radius 2 is 1.60 bits per heavy atom. The molecule has 1 aliphatic rings. The molecule has 9 nitrogen and oxygen atoms in total. The predicted octanol–water partition coefficient (Wildman–Crippen LogP) is 4.14. The zero-order valence-electron chi connectivity index (χ0n) is 23.6. The molecule has 0 spiro atoms. The number of carbonyl (C=O) groups excluding carboxylic acids is 4. The molecule has 1 saturated carbocycles. The Labute approximate surface area is 232 Å². The zero-order valence-corrected chi connectivity index (χ0v) is 23.6. The summed E-state index contributed by atoms with van der Waals surface area (Å²) in [6.45, 7) is 3.56. The van der Waals surface area contributed by atoms with E-state index >= 15 is 0 Å². The largest absolute Gasteiger partial charge is 0.497 e. The molecule has 1 amide bonds. The summed E-state index contributed by atoms with van der Waals surface area (Å²) in [5, 5.41) is 2.27. The van der Waals surface area contributed by atoms with E-state index in [9.17, 15) is 32.3 Å². The maximum Gasteiger partial charge on any atom is 0.491 e. The van der Waals surface area contributed by atoms with Crippen LogP contribution in [-0.4, -0.2) is 74.3 Å². The van der Waals surface area contributed by atoms with Crippen LogP contribution in [0.25, 0.3) is 0 Å². The van der Waals surface area contributed by atoms with Gasteiger partial charge in [-0.25, -0.2) is 9.59 Å². The van der Waals surface area contributed by atoms with E-state index in [0.717, 1.165) is 24.8 Å². The third-order valence-corrected chi connectivity index (χ3v) is 6.94. The van der Waals surface area contributed by atoms with Crippen molar-refractivity contribution in [1.29, 1.82) is 0 Å². The Morgan fingerprint density at radius 1 is 1.00 bits per heavy atom. The minimum absolute atomic E-state index is 0.141. The van der Waals surface area contributed by atoms with Crippen molar-refractivity contribution in [3.05, 3.63) is 29.8 Å². The molecule has 1 unspecified atom stereocenters. The van der Waals surface area contributed by atoms with Gasteiger partial charge in [0.1, 0.15) is 17.4 Å². The van der Waals surface area contributed by atoms with Gasteiger partial charge < -0.3 is 24.4 Å². The summed E-state index contributed by atoms with van der Waals surface area (Å²) in [6.07, 6.45) is -1.93. The van der Waals surface area contributed by atoms with Gasteiger partial charge >= 0.3 is 24.1 Å². The van der Waals surface area contributed by atoms with E-state index in [1.807, 2.05) is 43.3 Å². The molecule has 0 radical (unpaired) electrons. The van der Waals surface area contributed by atoms with E-state index in [1.165, 1.54) is 13.8 Å². The zero-order chi connectivity index (χ0) is 30.1. The standard InChI is InChI=1S/C28H39F3N2O7/c1-18(2)24(25(36)39-26(37)28(29,30)31)32-22(34)13-14-23(35)40-27(15-7-6-8-16-27)21(17-33(3)4)19-9-11-20(38-5)12-10-19/h9-12,18,21,24H,6-8,13-17H2,1-5H3,(H,32,34)/t21?,24-/m0/s1. The van der Waals surface area contributed by atoms with E-state index in [0.29, 0.717) is 25.1 Å². The van der Waals surface area contributed by atoms with Crippen LogP contribution in [0.1, 0.15) is 70.3 Å². The molecule has 40 heavy (non-hydrogen) atoms. The van der Waals surface area contributed by atoms with Gasteiger partial charge in [0, 0.05) is 18.9 Å². The van der Waals surface area contributed by atoms with E-state index < -0.39 is 47.6 Å². The van der Waals surface area contributed by atoms with Crippen LogP contribution >= 0.6 is 0 Å². The first kappa shape index (κ1) is 33.1. The number of halogens is 3. The second kappa shape index (κ2) is 14.5. The number of nitrogens with one attached hydrogen (secondary N) is 1. The van der Waals surface area contributed by atoms with Crippen molar-refractivity contribution >= 4 is 23.8 Å². The first-order valence-corrected chi connectivity index (χ1v) is 13.3. The normalized spacial score (nSPS) is 16.6. The number of nitrogens with zero attached hydrogens (tertiary/aromatic N) is 1. The highest BCUT2D eigenvalue weighted by molar-refractivity contribution is 5.93. The number of amides is 1. The van der Waals surface area contributed by atoms with Crippen molar-refractivity contribution < 1.29 is 46.6 Å². The molecule has 1 N–H and O–H groups in total. The summed E-state index contributed by atoms with van der Waals surface area (Å²) in [7, 11) is 5.47. The highest BCUT2D eigenvalue weighted by atomic mass is 19.4. The number of benzene rings is 1. The number of ether oxygens (including phenoxy) is 3. The second-order valence-corrected chi connectivity index (χ2v) is 10.7. The molecule has 0 aliphatic heterocycles. The number of likely N-dealkylation sites (N-methyl/N-ethyl adjacent to an activating group) is 1. The fraction of sp³-hybridized carbons (Fsp3) is 0.643. The molecule has 1 aliphatic carbocycles. The van der Waals surface area contributed by atoms with Crippen LogP contribution in [0.5, 0.6) is 5.75 Å². The molecule has 12 heteroatoms. The fourth-order valence-electron chi connectivity index (χ4n) is 4.90. The molecule has 2 rings (SSSR count). The Hall–Kier alpha value is -3.15. The van der Waals surface area contributed by atoms with Crippen LogP contribution in [0.4, 0.5) is 13.2 Å². The van der Waals surface area contributed by atoms with Crippen molar-refractivity contribution in [1.82, 2.24) is 10.2 Å². The van der Waals surface area contributed by atoms with E-state index in [1.54, 1.807) is 7.11 Å². The topological polar surface area (TPSA) is 111 Å². The Kier molecular flexibility index (Phi) is 12.0. The lowest BCUT2D eigenvalue weighted by atomic mass is 9.72. The third-order valence-electron chi connectivity index (χ3n) is 6.94. The Morgan fingerprint density at radius 3 is 2.10 bits per heavy atom. The fourth-order valence-corrected chi connectivity index (χ4v) is 4.90. The summed E-state index contributed by atoms with van der Waals surface area (Å²) < 4.78 is 52.7. The number of esters is 3. The quantitative estimate of drug-likeness (QED) is 0.294. The van der Waals surface area contributed by atoms with Gasteiger partial charge in [-0.15, -0.1) is 0 Å². The van der Waals surface area contributed by atoms with Crippen LogP contribution in [0.3, 0.4) is 0 Å². The number of rotatable bonds is 12. The van der Waals surface area contributed by atoms with Crippen LogP contribution < -0.4 is 10.1 Å². The molecule has 0 aromatic heterocycles. The minimum atomic E-state index is -5.35. The number of methoxy groups -OCH3 is 1. The molecule has 1 aromatic rings. The van der Waals surface area contributed by atoms with Crippen LogP contribution in [-0.2, 0) is 28.7 Å². The van der Waals surface area contributed by atoms with Gasteiger partial charge in [0.2, 0.25) is 5.91 Å². The van der Waals surface area contributed by atoms with Gasteiger partial charge in [-0.2, -0.15) is 13.2 Å². The summed E-state index contributed by atoms with van der Waals surface area (Å²) in [5.74, 6) is -5.65. The molecule has 0 saturated heterocycles. The van der Waals surface area contributed by atoms with Gasteiger partial charge in [0.05, 0.1) is 13.5 Å². The highest BCUT2D eigenvalue weighted by Crippen LogP contribution is 2.44. The molecule has 0 heterocycles. The lowest BCUT2D eigenvalue weighted by Gasteiger charge is -2.44. The number of carbonyl (C=O) groups is 4. The third kappa shape index (κ3) is 9.50. The Balaban J connectivity index is 2.11. The van der Waals surface area contributed by atoms with Crippen LogP contribution in [0.2, 0.25) is 0 Å². The van der Waals surface area contributed by atoms with Gasteiger partial charge in [-0.05, 0) is 63.4 Å². The van der Waals surface area contributed by atoms with Crippen molar-refractivity contribution in [2.24, 2.45) is 5.92 Å². The molecular weight excluding hydrogens is 533 g/mol. The lowest BCUT2D eigenvalue weighted by molar-refractivity contribution is -0.202. The summed E-state index contributed by atoms with van der Waals surface area (Å²) >= 11 is 0. The molecule has 1 fully saturated rings. The first-order chi connectivity index (χ1) is 18.7. The van der Waals surface area contributed by atoms with E-state index in [4.69, 9.17) is 9.47 Å². The van der Waals surface area contributed by atoms with E-state index in [2.05, 4.69) is 10.1 Å². The summed E-state index contributed by atoms with van der Waals surface area (Å²) in [4.78, 5) is 50.7. The Bertz CT molecular complexity index is 1020. The lowest BCUT2D eigenvalue weighted by Crippen LogP contribution is -2.48. The summed E-state index contributed by atoms with van der Waals surface area (Å²) in [6, 6.07) is 6.13. The second-order valence-electron chi connectivity index (χ2n) is 10.7. The van der Waals surface area contributed by atoms with Gasteiger partial charge in [0.25, 0.3) is 0 Å². The number of hydrogen-bond acceptors (Lipinski definition) is 8.